The van der Waals surface area contributed by atoms with Crippen LogP contribution in [0.4, 0.5) is 0 Å². The molecule has 1 fully saturated rings. The first-order valence-corrected chi connectivity index (χ1v) is 3.58. The normalized spacial score (nSPS) is 35.3. The van der Waals surface area contributed by atoms with E-state index in [0.29, 0.717) is 12.1 Å². The molecule has 1 aliphatic rings. The van der Waals surface area contributed by atoms with Crippen molar-refractivity contribution in [2.45, 2.75) is 31.4 Å². The molecule has 0 aromatic carbocycles. The van der Waals surface area contributed by atoms with Crippen LogP contribution in [0.5, 0.6) is 0 Å². The van der Waals surface area contributed by atoms with Gasteiger partial charge in [0, 0.05) is 13.2 Å². The molecule has 2 nitrogen and oxygen atoms in total. The van der Waals surface area contributed by atoms with Crippen LogP contribution in [-0.4, -0.2) is 26.3 Å². The Balaban J connectivity index is 2.32. The van der Waals surface area contributed by atoms with Gasteiger partial charge in [-0.2, -0.15) is 0 Å². The Morgan fingerprint density at radius 2 is 2.22 bits per heavy atom. The van der Waals surface area contributed by atoms with Crippen LogP contribution in [-0.2, 0) is 4.74 Å². The zero-order valence-electron chi connectivity index (χ0n) is 6.18. The van der Waals surface area contributed by atoms with E-state index in [1.54, 1.807) is 7.11 Å². The Kier molecular flexibility index (Phi) is 2.49. The standard InChI is InChI=1S/C7H15NO/c1-8-6-4-3-5-7(6)9-2/h6-8H,3-5H2,1-2H3/t6?,7-/m1/s1. The fraction of sp³-hybridized carbons (Fsp3) is 1.00. The van der Waals surface area contributed by atoms with Gasteiger partial charge < -0.3 is 10.1 Å². The van der Waals surface area contributed by atoms with E-state index in [2.05, 4.69) is 5.32 Å². The lowest BCUT2D eigenvalue weighted by molar-refractivity contribution is 0.0876. The number of nitrogens with one attached hydrogen (secondary N) is 1. The van der Waals surface area contributed by atoms with E-state index in [1.165, 1.54) is 19.3 Å². The van der Waals surface area contributed by atoms with Crippen LogP contribution in [0.2, 0.25) is 0 Å². The Hall–Kier alpha value is -0.0800. The Morgan fingerprint density at radius 3 is 2.67 bits per heavy atom. The van der Waals surface area contributed by atoms with E-state index in [-0.39, 0.29) is 0 Å². The van der Waals surface area contributed by atoms with Crippen LogP contribution in [0.15, 0.2) is 0 Å². The molecule has 1 rings (SSSR count). The van der Waals surface area contributed by atoms with Crippen LogP contribution in [0, 0.1) is 0 Å². The average Bonchev–Trinajstić information content (AvgIpc) is 2.33. The highest BCUT2D eigenvalue weighted by Crippen LogP contribution is 2.20. The van der Waals surface area contributed by atoms with Crippen LogP contribution >= 0.6 is 0 Å². The summed E-state index contributed by atoms with van der Waals surface area (Å²) in [5.41, 5.74) is 0. The van der Waals surface area contributed by atoms with Crippen LogP contribution < -0.4 is 5.32 Å². The molecule has 1 saturated carbocycles. The molecule has 0 saturated heterocycles. The highest BCUT2D eigenvalue weighted by Gasteiger charge is 2.24. The second-order valence-electron chi connectivity index (χ2n) is 2.60. The molecule has 0 spiro atoms. The summed E-state index contributed by atoms with van der Waals surface area (Å²) >= 11 is 0. The topological polar surface area (TPSA) is 21.3 Å². The number of hydrogen-bond acceptors (Lipinski definition) is 2. The van der Waals surface area contributed by atoms with Crippen molar-refractivity contribution in [3.63, 3.8) is 0 Å². The van der Waals surface area contributed by atoms with E-state index in [1.807, 2.05) is 7.05 Å². The maximum Gasteiger partial charge on any atom is 0.0724 e. The summed E-state index contributed by atoms with van der Waals surface area (Å²) in [6.45, 7) is 0. The third kappa shape index (κ3) is 1.43. The molecular formula is C7H15NO. The van der Waals surface area contributed by atoms with Gasteiger partial charge in [0.15, 0.2) is 0 Å². The molecule has 2 atom stereocenters. The molecule has 0 aliphatic heterocycles. The molecule has 0 bridgehead atoms. The molecule has 0 heterocycles. The maximum atomic E-state index is 5.25. The van der Waals surface area contributed by atoms with E-state index >= 15 is 0 Å². The predicted molar refractivity (Wildman–Crippen MR) is 37.5 cm³/mol. The second kappa shape index (κ2) is 3.18. The fourth-order valence-corrected chi connectivity index (χ4v) is 1.54. The minimum atomic E-state index is 0.468. The van der Waals surface area contributed by atoms with Gasteiger partial charge in [-0.15, -0.1) is 0 Å². The third-order valence-corrected chi connectivity index (χ3v) is 2.13. The first-order chi connectivity index (χ1) is 4.38. The van der Waals surface area contributed by atoms with Gasteiger partial charge in [-0.1, -0.05) is 0 Å². The Morgan fingerprint density at radius 1 is 1.44 bits per heavy atom. The van der Waals surface area contributed by atoms with Crippen molar-refractivity contribution < 1.29 is 4.74 Å². The van der Waals surface area contributed by atoms with Gasteiger partial charge >= 0.3 is 0 Å². The molecule has 0 aromatic rings. The van der Waals surface area contributed by atoms with E-state index in [0.717, 1.165) is 0 Å². The zero-order chi connectivity index (χ0) is 6.69. The quantitative estimate of drug-likeness (QED) is 0.594. The summed E-state index contributed by atoms with van der Waals surface area (Å²) in [6, 6.07) is 0.606. The number of methoxy groups -OCH3 is 1. The SMILES string of the molecule is CNC1CCC[C@H]1OC. The van der Waals surface area contributed by atoms with E-state index in [4.69, 9.17) is 4.74 Å². The van der Waals surface area contributed by atoms with E-state index < -0.39 is 0 Å². The largest absolute Gasteiger partial charge is 0.380 e. The van der Waals surface area contributed by atoms with Gasteiger partial charge in [-0.25, -0.2) is 0 Å². The molecule has 2 heteroatoms. The first kappa shape index (κ1) is 7.03. The maximum absolute atomic E-state index is 5.25. The van der Waals surface area contributed by atoms with Gasteiger partial charge in [-0.05, 0) is 26.3 Å². The molecular weight excluding hydrogens is 114 g/mol. The lowest BCUT2D eigenvalue weighted by Gasteiger charge is -2.16. The molecule has 9 heavy (non-hydrogen) atoms. The molecule has 0 radical (unpaired) electrons. The molecule has 1 aliphatic carbocycles. The summed E-state index contributed by atoms with van der Waals surface area (Å²) in [4.78, 5) is 0. The van der Waals surface area contributed by atoms with Crippen molar-refractivity contribution in [3.05, 3.63) is 0 Å². The Bertz CT molecular complexity index is 75.0. The summed E-state index contributed by atoms with van der Waals surface area (Å²) in [7, 11) is 3.79. The minimum Gasteiger partial charge on any atom is -0.380 e. The van der Waals surface area contributed by atoms with Gasteiger partial charge in [0.25, 0.3) is 0 Å². The second-order valence-corrected chi connectivity index (χ2v) is 2.60. The minimum absolute atomic E-state index is 0.468. The highest BCUT2D eigenvalue weighted by atomic mass is 16.5. The smallest absolute Gasteiger partial charge is 0.0724 e. The lowest BCUT2D eigenvalue weighted by atomic mass is 10.2. The predicted octanol–water partition coefficient (Wildman–Crippen LogP) is 0.773. The van der Waals surface area contributed by atoms with E-state index in [9.17, 15) is 0 Å². The summed E-state index contributed by atoms with van der Waals surface area (Å²) in [6.07, 6.45) is 4.27. The van der Waals surface area contributed by atoms with Crippen molar-refractivity contribution in [2.75, 3.05) is 14.2 Å². The van der Waals surface area contributed by atoms with Crippen LogP contribution in [0.3, 0.4) is 0 Å². The van der Waals surface area contributed by atoms with Crippen molar-refractivity contribution in [3.8, 4) is 0 Å². The summed E-state index contributed by atoms with van der Waals surface area (Å²) < 4.78 is 5.25. The fourth-order valence-electron chi connectivity index (χ4n) is 1.54. The zero-order valence-corrected chi connectivity index (χ0v) is 6.18. The molecule has 0 amide bonds. The molecule has 54 valence electrons. The molecule has 0 aromatic heterocycles. The molecule has 1 N–H and O–H groups in total. The monoisotopic (exact) mass is 129 g/mol. The third-order valence-electron chi connectivity index (χ3n) is 2.13. The summed E-state index contributed by atoms with van der Waals surface area (Å²) in [5.74, 6) is 0. The van der Waals surface area contributed by atoms with Crippen molar-refractivity contribution in [2.24, 2.45) is 0 Å². The lowest BCUT2D eigenvalue weighted by Crippen LogP contribution is -2.33. The van der Waals surface area contributed by atoms with Gasteiger partial charge in [0.2, 0.25) is 0 Å². The highest BCUT2D eigenvalue weighted by molar-refractivity contribution is 4.82. The van der Waals surface area contributed by atoms with Gasteiger partial charge in [-0.3, -0.25) is 0 Å². The van der Waals surface area contributed by atoms with Crippen LogP contribution in [0.1, 0.15) is 19.3 Å². The summed E-state index contributed by atoms with van der Waals surface area (Å²) in [5, 5.41) is 3.24. The van der Waals surface area contributed by atoms with Crippen molar-refractivity contribution >= 4 is 0 Å². The number of rotatable bonds is 2. The average molecular weight is 129 g/mol. The van der Waals surface area contributed by atoms with Gasteiger partial charge in [0.05, 0.1) is 6.10 Å². The van der Waals surface area contributed by atoms with Crippen molar-refractivity contribution in [1.29, 1.82) is 0 Å². The van der Waals surface area contributed by atoms with Gasteiger partial charge in [0.1, 0.15) is 0 Å². The Labute approximate surface area is 56.6 Å². The number of ether oxygens (including phenoxy) is 1. The number of likely N-dealkylation sites (N-methyl/N-ethyl adjacent to an activating group) is 1. The van der Waals surface area contributed by atoms with Crippen molar-refractivity contribution in [1.82, 2.24) is 5.32 Å². The number of hydrogen-bond donors (Lipinski definition) is 1. The van der Waals surface area contributed by atoms with Crippen LogP contribution in [0.25, 0.3) is 0 Å². The molecule has 1 unspecified atom stereocenters. The first-order valence-electron chi connectivity index (χ1n) is 3.58.